The Morgan fingerprint density at radius 2 is 2.05 bits per heavy atom. The Hall–Kier alpha value is -1.38. The SMILES string of the molecule is Cc1cc(CN2CCN(C(C#N)C(C)C)CC2)no1. The zero-order valence-corrected chi connectivity index (χ0v) is 12.0. The summed E-state index contributed by atoms with van der Waals surface area (Å²) in [6.07, 6.45) is 0. The first-order valence-corrected chi connectivity index (χ1v) is 6.88. The number of piperazine rings is 1. The predicted octanol–water partition coefficient (Wildman–Crippen LogP) is 1.65. The van der Waals surface area contributed by atoms with Gasteiger partial charge < -0.3 is 4.52 Å². The molecule has 2 rings (SSSR count). The highest BCUT2D eigenvalue weighted by Crippen LogP contribution is 2.14. The van der Waals surface area contributed by atoms with Gasteiger partial charge in [-0.05, 0) is 12.8 Å². The van der Waals surface area contributed by atoms with Crippen LogP contribution in [0, 0.1) is 24.2 Å². The second-order valence-electron chi connectivity index (χ2n) is 5.56. The van der Waals surface area contributed by atoms with Crippen molar-refractivity contribution < 1.29 is 4.52 Å². The van der Waals surface area contributed by atoms with Crippen molar-refractivity contribution in [1.29, 1.82) is 5.26 Å². The summed E-state index contributed by atoms with van der Waals surface area (Å²) in [4.78, 5) is 4.65. The summed E-state index contributed by atoms with van der Waals surface area (Å²) in [5.41, 5.74) is 0.992. The van der Waals surface area contributed by atoms with Gasteiger partial charge in [0.2, 0.25) is 0 Å². The molecule has 2 heterocycles. The maximum atomic E-state index is 9.22. The first kappa shape index (κ1) is 14.0. The highest BCUT2D eigenvalue weighted by atomic mass is 16.5. The summed E-state index contributed by atoms with van der Waals surface area (Å²) in [5.74, 6) is 1.24. The smallest absolute Gasteiger partial charge is 0.133 e. The third-order valence-corrected chi connectivity index (χ3v) is 3.63. The van der Waals surface area contributed by atoms with E-state index < -0.39 is 0 Å². The fourth-order valence-electron chi connectivity index (χ4n) is 2.57. The van der Waals surface area contributed by atoms with Gasteiger partial charge >= 0.3 is 0 Å². The molecule has 1 unspecified atom stereocenters. The van der Waals surface area contributed by atoms with E-state index >= 15 is 0 Å². The molecule has 104 valence electrons. The van der Waals surface area contributed by atoms with Crippen LogP contribution in [-0.4, -0.2) is 47.2 Å². The van der Waals surface area contributed by atoms with Crippen molar-refractivity contribution in [3.05, 3.63) is 17.5 Å². The molecule has 1 aliphatic heterocycles. The van der Waals surface area contributed by atoms with Gasteiger partial charge in [0.05, 0.1) is 11.8 Å². The lowest BCUT2D eigenvalue weighted by molar-refractivity contribution is 0.0927. The van der Waals surface area contributed by atoms with Crippen LogP contribution in [0.4, 0.5) is 0 Å². The highest BCUT2D eigenvalue weighted by Gasteiger charge is 2.25. The molecule has 0 saturated carbocycles. The minimum Gasteiger partial charge on any atom is -0.361 e. The molecule has 1 aromatic rings. The predicted molar refractivity (Wildman–Crippen MR) is 72.3 cm³/mol. The minimum absolute atomic E-state index is 0.0384. The molecule has 0 amide bonds. The van der Waals surface area contributed by atoms with E-state index in [0.717, 1.165) is 44.2 Å². The summed E-state index contributed by atoms with van der Waals surface area (Å²) >= 11 is 0. The molecule has 0 N–H and O–H groups in total. The maximum absolute atomic E-state index is 9.22. The van der Waals surface area contributed by atoms with E-state index in [9.17, 15) is 5.26 Å². The Labute approximate surface area is 114 Å². The molecule has 5 heteroatoms. The third kappa shape index (κ3) is 3.55. The Balaban J connectivity index is 1.84. The number of nitriles is 1. The van der Waals surface area contributed by atoms with Crippen molar-refractivity contribution >= 4 is 0 Å². The second-order valence-corrected chi connectivity index (χ2v) is 5.56. The van der Waals surface area contributed by atoms with Crippen molar-refractivity contribution in [3.63, 3.8) is 0 Å². The Morgan fingerprint density at radius 3 is 2.53 bits per heavy atom. The number of aryl methyl sites for hydroxylation is 1. The lowest BCUT2D eigenvalue weighted by Gasteiger charge is -2.37. The molecule has 1 atom stereocenters. The Bertz CT molecular complexity index is 441. The molecule has 1 saturated heterocycles. The average molecular weight is 262 g/mol. The van der Waals surface area contributed by atoms with Crippen molar-refractivity contribution in [3.8, 4) is 6.07 Å². The zero-order valence-electron chi connectivity index (χ0n) is 12.0. The monoisotopic (exact) mass is 262 g/mol. The molecule has 0 spiro atoms. The normalized spacial score (nSPS) is 19.5. The molecule has 1 fully saturated rings. The van der Waals surface area contributed by atoms with Crippen molar-refractivity contribution in [2.45, 2.75) is 33.4 Å². The summed E-state index contributed by atoms with van der Waals surface area (Å²) in [7, 11) is 0. The average Bonchev–Trinajstić information content (AvgIpc) is 2.77. The van der Waals surface area contributed by atoms with Gasteiger partial charge in [0, 0.05) is 38.8 Å². The fraction of sp³-hybridized carbons (Fsp3) is 0.714. The summed E-state index contributed by atoms with van der Waals surface area (Å²) in [6.45, 7) is 10.8. The highest BCUT2D eigenvalue weighted by molar-refractivity contribution is 5.04. The zero-order chi connectivity index (χ0) is 13.8. The molecule has 0 radical (unpaired) electrons. The Kier molecular flexibility index (Phi) is 4.56. The second kappa shape index (κ2) is 6.18. The molecule has 0 aromatic carbocycles. The number of hydrogen-bond donors (Lipinski definition) is 0. The van der Waals surface area contributed by atoms with Crippen LogP contribution >= 0.6 is 0 Å². The lowest BCUT2D eigenvalue weighted by atomic mass is 10.0. The van der Waals surface area contributed by atoms with E-state index in [0.29, 0.717) is 5.92 Å². The first-order chi connectivity index (χ1) is 9.10. The largest absolute Gasteiger partial charge is 0.361 e. The van der Waals surface area contributed by atoms with Gasteiger partial charge in [-0.15, -0.1) is 0 Å². The van der Waals surface area contributed by atoms with E-state index in [2.05, 4.69) is 34.9 Å². The van der Waals surface area contributed by atoms with Gasteiger partial charge in [-0.25, -0.2) is 0 Å². The van der Waals surface area contributed by atoms with Crippen molar-refractivity contribution in [1.82, 2.24) is 15.0 Å². The first-order valence-electron chi connectivity index (χ1n) is 6.88. The van der Waals surface area contributed by atoms with E-state index in [1.807, 2.05) is 13.0 Å². The van der Waals surface area contributed by atoms with E-state index in [-0.39, 0.29) is 6.04 Å². The molecule has 0 bridgehead atoms. The molecule has 19 heavy (non-hydrogen) atoms. The van der Waals surface area contributed by atoms with Gasteiger partial charge in [0.1, 0.15) is 11.8 Å². The van der Waals surface area contributed by atoms with E-state index in [4.69, 9.17) is 4.52 Å². The van der Waals surface area contributed by atoms with E-state index in [1.165, 1.54) is 0 Å². The van der Waals surface area contributed by atoms with Crippen molar-refractivity contribution in [2.24, 2.45) is 5.92 Å². The molecule has 1 aliphatic rings. The van der Waals surface area contributed by atoms with Crippen LogP contribution in [0.1, 0.15) is 25.3 Å². The van der Waals surface area contributed by atoms with Gasteiger partial charge in [-0.2, -0.15) is 5.26 Å². The quantitative estimate of drug-likeness (QED) is 0.825. The fourth-order valence-corrected chi connectivity index (χ4v) is 2.57. The Morgan fingerprint density at radius 1 is 1.37 bits per heavy atom. The number of rotatable bonds is 4. The third-order valence-electron chi connectivity index (χ3n) is 3.63. The van der Waals surface area contributed by atoms with Gasteiger partial charge in [0.15, 0.2) is 0 Å². The topological polar surface area (TPSA) is 56.3 Å². The van der Waals surface area contributed by atoms with Crippen LogP contribution in [0.5, 0.6) is 0 Å². The molecule has 1 aromatic heterocycles. The minimum atomic E-state index is 0.0384. The standard InChI is InChI=1S/C14H22N4O/c1-11(2)14(9-15)18-6-4-17(5-7-18)10-13-8-12(3)19-16-13/h8,11,14H,4-7,10H2,1-3H3. The number of nitrogens with zero attached hydrogens (tertiary/aromatic N) is 4. The molecule has 0 aliphatic carbocycles. The maximum Gasteiger partial charge on any atom is 0.133 e. The molecule has 5 nitrogen and oxygen atoms in total. The van der Waals surface area contributed by atoms with Gasteiger partial charge in [-0.3, -0.25) is 9.80 Å². The van der Waals surface area contributed by atoms with Crippen LogP contribution in [0.3, 0.4) is 0 Å². The summed E-state index contributed by atoms with van der Waals surface area (Å²) in [6, 6.07) is 4.44. The van der Waals surface area contributed by atoms with Crippen LogP contribution < -0.4 is 0 Å². The van der Waals surface area contributed by atoms with Crippen LogP contribution in [0.25, 0.3) is 0 Å². The van der Waals surface area contributed by atoms with E-state index in [1.54, 1.807) is 0 Å². The molecular formula is C14H22N4O. The van der Waals surface area contributed by atoms with Crippen molar-refractivity contribution in [2.75, 3.05) is 26.2 Å². The van der Waals surface area contributed by atoms with Gasteiger partial charge in [0.25, 0.3) is 0 Å². The number of hydrogen-bond acceptors (Lipinski definition) is 5. The van der Waals surface area contributed by atoms with Gasteiger partial charge in [-0.1, -0.05) is 19.0 Å². The van der Waals surface area contributed by atoms with Crippen LogP contribution in [-0.2, 0) is 6.54 Å². The van der Waals surface area contributed by atoms with Crippen LogP contribution in [0.15, 0.2) is 10.6 Å². The summed E-state index contributed by atoms with van der Waals surface area (Å²) in [5, 5.41) is 13.3. The summed E-state index contributed by atoms with van der Waals surface area (Å²) < 4.78 is 5.08. The lowest BCUT2D eigenvalue weighted by Crippen LogP contribution is -2.51. The molecular weight excluding hydrogens is 240 g/mol. The van der Waals surface area contributed by atoms with Crippen LogP contribution in [0.2, 0.25) is 0 Å². The number of aromatic nitrogens is 1.